The molecule has 1 aliphatic heterocycles. The highest BCUT2D eigenvalue weighted by Crippen LogP contribution is 2.35. The van der Waals surface area contributed by atoms with Gasteiger partial charge in [-0.2, -0.15) is 0 Å². The van der Waals surface area contributed by atoms with Crippen LogP contribution >= 0.6 is 0 Å². The van der Waals surface area contributed by atoms with E-state index in [9.17, 15) is 4.79 Å². The minimum absolute atomic E-state index is 0.0122. The Morgan fingerprint density at radius 2 is 1.92 bits per heavy atom. The summed E-state index contributed by atoms with van der Waals surface area (Å²) in [4.78, 5) is 20.4. The first kappa shape index (κ1) is 16.5. The fourth-order valence-electron chi connectivity index (χ4n) is 3.47. The highest BCUT2D eigenvalue weighted by Gasteiger charge is 2.33. The zero-order valence-electron chi connectivity index (χ0n) is 14.7. The van der Waals surface area contributed by atoms with Crippen molar-refractivity contribution in [1.82, 2.24) is 9.88 Å². The number of carbonyl (C=O) groups excluding carboxylic acids is 1. The molecule has 1 aromatic carbocycles. The molecule has 2 heterocycles. The predicted molar refractivity (Wildman–Crippen MR) is 97.5 cm³/mol. The van der Waals surface area contributed by atoms with Gasteiger partial charge in [-0.15, -0.1) is 0 Å². The van der Waals surface area contributed by atoms with E-state index < -0.39 is 0 Å². The monoisotopic (exact) mass is 323 g/mol. The lowest BCUT2D eigenvalue weighted by molar-refractivity contribution is 0.0827. The molecule has 1 amide bonds. The third kappa shape index (κ3) is 3.28. The minimum Gasteiger partial charge on any atom is -0.356 e. The summed E-state index contributed by atoms with van der Waals surface area (Å²) in [6.07, 6.45) is 4.02. The van der Waals surface area contributed by atoms with E-state index in [4.69, 9.17) is 0 Å². The Labute approximate surface area is 144 Å². The lowest BCUT2D eigenvalue weighted by atomic mass is 9.76. The molecule has 1 aliphatic rings. The Balaban J connectivity index is 1.79. The molecule has 1 atom stereocenters. The third-order valence-electron chi connectivity index (χ3n) is 4.89. The zero-order chi connectivity index (χ0) is 17.2. The van der Waals surface area contributed by atoms with Gasteiger partial charge in [0, 0.05) is 38.8 Å². The van der Waals surface area contributed by atoms with Crippen molar-refractivity contribution in [2.45, 2.75) is 25.2 Å². The summed E-state index contributed by atoms with van der Waals surface area (Å²) in [7, 11) is 3.51. The van der Waals surface area contributed by atoms with Gasteiger partial charge in [0.05, 0.1) is 5.56 Å². The van der Waals surface area contributed by atoms with Gasteiger partial charge in [-0.3, -0.25) is 4.79 Å². The van der Waals surface area contributed by atoms with E-state index in [0.29, 0.717) is 5.56 Å². The van der Waals surface area contributed by atoms with Gasteiger partial charge in [-0.05, 0) is 30.5 Å². The average Bonchev–Trinajstić information content (AvgIpc) is 2.62. The van der Waals surface area contributed by atoms with Crippen molar-refractivity contribution in [2.24, 2.45) is 0 Å². The molecule has 2 aromatic rings. The van der Waals surface area contributed by atoms with E-state index in [2.05, 4.69) is 47.1 Å². The van der Waals surface area contributed by atoms with Crippen LogP contribution in [-0.2, 0) is 5.41 Å². The van der Waals surface area contributed by atoms with Crippen molar-refractivity contribution in [3.05, 3.63) is 59.8 Å². The molecule has 1 fully saturated rings. The van der Waals surface area contributed by atoms with Gasteiger partial charge < -0.3 is 9.80 Å². The summed E-state index contributed by atoms with van der Waals surface area (Å²) in [6, 6.07) is 14.6. The molecule has 1 saturated heterocycles. The quantitative estimate of drug-likeness (QED) is 0.869. The standard InChI is InChI=1S/C20H25N3O/c1-20(17-8-5-4-6-9-17)12-7-13-23(15-20)18-11-10-16(14-21-18)19(24)22(2)3/h4-6,8-11,14H,7,12-13,15H2,1-3H3/t20-/m0/s1. The van der Waals surface area contributed by atoms with Gasteiger partial charge in [0.15, 0.2) is 0 Å². The maximum Gasteiger partial charge on any atom is 0.254 e. The van der Waals surface area contributed by atoms with Crippen LogP contribution in [0.4, 0.5) is 5.82 Å². The molecule has 3 rings (SSSR count). The molecule has 0 saturated carbocycles. The van der Waals surface area contributed by atoms with Crippen molar-refractivity contribution in [1.29, 1.82) is 0 Å². The fraction of sp³-hybridized carbons (Fsp3) is 0.400. The lowest BCUT2D eigenvalue weighted by Gasteiger charge is -2.41. The summed E-state index contributed by atoms with van der Waals surface area (Å²) < 4.78 is 0. The number of piperidine rings is 1. The van der Waals surface area contributed by atoms with Crippen LogP contribution in [0.2, 0.25) is 0 Å². The molecule has 24 heavy (non-hydrogen) atoms. The van der Waals surface area contributed by atoms with Crippen molar-refractivity contribution in [3.63, 3.8) is 0 Å². The molecule has 126 valence electrons. The van der Waals surface area contributed by atoms with Crippen LogP contribution < -0.4 is 4.90 Å². The van der Waals surface area contributed by atoms with E-state index in [1.165, 1.54) is 12.0 Å². The number of carbonyl (C=O) groups is 1. The SMILES string of the molecule is CN(C)C(=O)c1ccc(N2CCC[C@](C)(c3ccccc3)C2)nc1. The van der Waals surface area contributed by atoms with Crippen molar-refractivity contribution in [2.75, 3.05) is 32.1 Å². The second-order valence-electron chi connectivity index (χ2n) is 7.06. The van der Waals surface area contributed by atoms with Gasteiger partial charge in [0.1, 0.15) is 5.82 Å². The zero-order valence-corrected chi connectivity index (χ0v) is 14.7. The van der Waals surface area contributed by atoms with Crippen LogP contribution in [0.15, 0.2) is 48.7 Å². The van der Waals surface area contributed by atoms with Crippen molar-refractivity contribution >= 4 is 11.7 Å². The smallest absolute Gasteiger partial charge is 0.254 e. The molecule has 0 radical (unpaired) electrons. The van der Waals surface area contributed by atoms with Crippen molar-refractivity contribution in [3.8, 4) is 0 Å². The molecule has 0 N–H and O–H groups in total. The topological polar surface area (TPSA) is 36.4 Å². The number of amides is 1. The number of hydrogen-bond donors (Lipinski definition) is 0. The Hall–Kier alpha value is -2.36. The predicted octanol–water partition coefficient (Wildman–Crippen LogP) is 3.34. The summed E-state index contributed by atoms with van der Waals surface area (Å²) >= 11 is 0. The summed E-state index contributed by atoms with van der Waals surface area (Å²) in [5, 5.41) is 0. The van der Waals surface area contributed by atoms with Crippen LogP contribution in [-0.4, -0.2) is 43.0 Å². The number of nitrogens with zero attached hydrogens (tertiary/aromatic N) is 3. The first-order chi connectivity index (χ1) is 11.5. The van der Waals surface area contributed by atoms with Crippen LogP contribution in [0.25, 0.3) is 0 Å². The Morgan fingerprint density at radius 1 is 1.17 bits per heavy atom. The van der Waals surface area contributed by atoms with Gasteiger partial charge in [0.2, 0.25) is 0 Å². The average molecular weight is 323 g/mol. The van der Waals surface area contributed by atoms with Crippen LogP contribution in [0.5, 0.6) is 0 Å². The molecular formula is C20H25N3O. The molecule has 0 aliphatic carbocycles. The molecule has 4 heteroatoms. The number of rotatable bonds is 3. The number of pyridine rings is 1. The van der Waals surface area contributed by atoms with E-state index in [-0.39, 0.29) is 11.3 Å². The molecule has 0 bridgehead atoms. The maximum atomic E-state index is 12.0. The fourth-order valence-corrected chi connectivity index (χ4v) is 3.47. The lowest BCUT2D eigenvalue weighted by Crippen LogP contribution is -2.44. The first-order valence-corrected chi connectivity index (χ1v) is 8.48. The number of anilines is 1. The van der Waals surface area contributed by atoms with Crippen molar-refractivity contribution < 1.29 is 4.79 Å². The first-order valence-electron chi connectivity index (χ1n) is 8.48. The van der Waals surface area contributed by atoms with E-state index >= 15 is 0 Å². The van der Waals surface area contributed by atoms with Gasteiger partial charge in [0.25, 0.3) is 5.91 Å². The van der Waals surface area contributed by atoms with Crippen LogP contribution in [0, 0.1) is 0 Å². The van der Waals surface area contributed by atoms with Gasteiger partial charge >= 0.3 is 0 Å². The van der Waals surface area contributed by atoms with Crippen LogP contribution in [0.1, 0.15) is 35.7 Å². The maximum absolute atomic E-state index is 12.0. The van der Waals surface area contributed by atoms with E-state index in [1.807, 2.05) is 12.1 Å². The minimum atomic E-state index is -0.0122. The number of benzene rings is 1. The molecule has 0 unspecified atom stereocenters. The molecule has 1 aromatic heterocycles. The second kappa shape index (κ2) is 6.63. The Bertz CT molecular complexity index is 697. The largest absolute Gasteiger partial charge is 0.356 e. The second-order valence-corrected chi connectivity index (χ2v) is 7.06. The Kier molecular flexibility index (Phi) is 4.56. The summed E-state index contributed by atoms with van der Waals surface area (Å²) in [6.45, 7) is 4.29. The van der Waals surface area contributed by atoms with Crippen LogP contribution in [0.3, 0.4) is 0 Å². The number of hydrogen-bond acceptors (Lipinski definition) is 3. The normalized spacial score (nSPS) is 20.7. The van der Waals surface area contributed by atoms with Gasteiger partial charge in [-0.1, -0.05) is 37.3 Å². The Morgan fingerprint density at radius 3 is 2.54 bits per heavy atom. The van der Waals surface area contributed by atoms with E-state index in [1.54, 1.807) is 25.2 Å². The molecule has 0 spiro atoms. The summed E-state index contributed by atoms with van der Waals surface area (Å²) in [5.74, 6) is 0.939. The van der Waals surface area contributed by atoms with Gasteiger partial charge in [-0.25, -0.2) is 4.98 Å². The highest BCUT2D eigenvalue weighted by atomic mass is 16.2. The van der Waals surface area contributed by atoms with E-state index in [0.717, 1.165) is 25.3 Å². The third-order valence-corrected chi connectivity index (χ3v) is 4.89. The highest BCUT2D eigenvalue weighted by molar-refractivity contribution is 5.93. The molecule has 4 nitrogen and oxygen atoms in total. The number of aromatic nitrogens is 1. The summed E-state index contributed by atoms with van der Waals surface area (Å²) in [5.41, 5.74) is 2.15. The molecular weight excluding hydrogens is 298 g/mol.